The normalized spacial score (nSPS) is 41.8. The fraction of sp³-hybridized carbons (Fsp3) is 1.00. The van der Waals surface area contributed by atoms with Crippen molar-refractivity contribution < 1.29 is 0 Å². The van der Waals surface area contributed by atoms with Gasteiger partial charge in [-0.15, -0.1) is 0 Å². The second-order valence-electron chi connectivity index (χ2n) is 5.96. The molecule has 1 aliphatic carbocycles. The van der Waals surface area contributed by atoms with Gasteiger partial charge in [0.25, 0.3) is 0 Å². The minimum absolute atomic E-state index is 0.635. The van der Waals surface area contributed by atoms with Gasteiger partial charge >= 0.3 is 0 Å². The highest BCUT2D eigenvalue weighted by atomic mass is 15.3. The molecule has 3 aliphatic rings. The van der Waals surface area contributed by atoms with Crippen LogP contribution in [0.1, 0.15) is 46.0 Å². The van der Waals surface area contributed by atoms with Crippen molar-refractivity contribution in [3.05, 3.63) is 0 Å². The molecular weight excluding hydrogens is 158 g/mol. The van der Waals surface area contributed by atoms with Crippen LogP contribution < -0.4 is 0 Å². The van der Waals surface area contributed by atoms with Crippen LogP contribution in [0.2, 0.25) is 0 Å². The van der Waals surface area contributed by atoms with E-state index in [4.69, 9.17) is 0 Å². The molecule has 2 heterocycles. The van der Waals surface area contributed by atoms with Gasteiger partial charge in [-0.25, -0.2) is 0 Å². The highest BCUT2D eigenvalue weighted by Crippen LogP contribution is 2.62. The van der Waals surface area contributed by atoms with Gasteiger partial charge in [-0.3, -0.25) is 4.90 Å². The zero-order valence-corrected chi connectivity index (χ0v) is 8.97. The molecule has 0 N–H and O–H groups in total. The lowest BCUT2D eigenvalue weighted by molar-refractivity contribution is 0.136. The van der Waals surface area contributed by atoms with Crippen LogP contribution in [0, 0.1) is 11.3 Å². The molecule has 0 aromatic heterocycles. The summed E-state index contributed by atoms with van der Waals surface area (Å²) in [7, 11) is 0. The first-order valence-corrected chi connectivity index (χ1v) is 5.92. The summed E-state index contributed by atoms with van der Waals surface area (Å²) >= 11 is 0. The molecule has 2 saturated heterocycles. The fourth-order valence-electron chi connectivity index (χ4n) is 3.87. The Kier molecular flexibility index (Phi) is 1.47. The molecule has 3 rings (SSSR count). The van der Waals surface area contributed by atoms with Crippen LogP contribution in [-0.4, -0.2) is 23.5 Å². The Labute approximate surface area is 81.5 Å². The molecule has 1 nitrogen and oxygen atoms in total. The Morgan fingerprint density at radius 1 is 1.15 bits per heavy atom. The minimum atomic E-state index is 0.635. The van der Waals surface area contributed by atoms with Crippen LogP contribution in [0.15, 0.2) is 0 Å². The van der Waals surface area contributed by atoms with Gasteiger partial charge in [-0.1, -0.05) is 13.8 Å². The van der Waals surface area contributed by atoms with Crippen LogP contribution in [0.5, 0.6) is 0 Å². The number of hydrogen-bond donors (Lipinski definition) is 0. The van der Waals surface area contributed by atoms with Crippen molar-refractivity contribution in [3.8, 4) is 0 Å². The number of fused-ring (bicyclic) bond motifs is 1. The van der Waals surface area contributed by atoms with E-state index >= 15 is 0 Å². The second kappa shape index (κ2) is 2.31. The Balaban J connectivity index is 1.91. The zero-order chi connectivity index (χ0) is 9.10. The van der Waals surface area contributed by atoms with Crippen LogP contribution in [0.4, 0.5) is 0 Å². The lowest BCUT2D eigenvalue weighted by atomic mass is 9.80. The van der Waals surface area contributed by atoms with Crippen molar-refractivity contribution >= 4 is 0 Å². The maximum Gasteiger partial charge on any atom is 0.0238 e. The lowest BCUT2D eigenvalue weighted by Crippen LogP contribution is -2.42. The number of rotatable bonds is 1. The third-order valence-electron chi connectivity index (χ3n) is 4.91. The molecule has 0 bridgehead atoms. The van der Waals surface area contributed by atoms with E-state index in [9.17, 15) is 0 Å². The molecule has 0 aromatic rings. The first kappa shape index (κ1) is 8.28. The molecule has 0 aromatic carbocycles. The molecule has 1 heteroatoms. The van der Waals surface area contributed by atoms with Gasteiger partial charge in [0.05, 0.1) is 0 Å². The van der Waals surface area contributed by atoms with E-state index in [2.05, 4.69) is 18.7 Å². The van der Waals surface area contributed by atoms with E-state index in [1.807, 2.05) is 0 Å². The van der Waals surface area contributed by atoms with Gasteiger partial charge < -0.3 is 0 Å². The maximum atomic E-state index is 2.82. The molecule has 2 aliphatic heterocycles. The SMILES string of the molecule is CC(C)[C@]12CCCN1CC1(CC1)C2. The predicted octanol–water partition coefficient (Wildman–Crippen LogP) is 2.66. The third-order valence-corrected chi connectivity index (χ3v) is 4.91. The summed E-state index contributed by atoms with van der Waals surface area (Å²) in [5.41, 5.74) is 1.45. The Hall–Kier alpha value is -0.0400. The lowest BCUT2D eigenvalue weighted by Gasteiger charge is -2.36. The first-order chi connectivity index (χ1) is 6.17. The molecule has 1 atom stereocenters. The zero-order valence-electron chi connectivity index (χ0n) is 8.97. The van der Waals surface area contributed by atoms with E-state index in [0.29, 0.717) is 5.54 Å². The quantitative estimate of drug-likeness (QED) is 0.598. The molecule has 74 valence electrons. The Bertz CT molecular complexity index is 229. The molecule has 1 spiro atoms. The summed E-state index contributed by atoms with van der Waals surface area (Å²) in [5.74, 6) is 0.870. The van der Waals surface area contributed by atoms with E-state index in [1.54, 1.807) is 0 Å². The Morgan fingerprint density at radius 2 is 1.92 bits per heavy atom. The average Bonchev–Trinajstić information content (AvgIpc) is 2.50. The van der Waals surface area contributed by atoms with Gasteiger partial charge in [-0.05, 0) is 50.0 Å². The molecule has 0 unspecified atom stereocenters. The maximum absolute atomic E-state index is 2.82. The van der Waals surface area contributed by atoms with Crippen molar-refractivity contribution in [1.29, 1.82) is 0 Å². The van der Waals surface area contributed by atoms with E-state index in [-0.39, 0.29) is 0 Å². The smallest absolute Gasteiger partial charge is 0.0238 e. The van der Waals surface area contributed by atoms with Crippen LogP contribution in [0.3, 0.4) is 0 Å². The van der Waals surface area contributed by atoms with Crippen molar-refractivity contribution in [3.63, 3.8) is 0 Å². The first-order valence-electron chi connectivity index (χ1n) is 5.92. The topological polar surface area (TPSA) is 3.24 Å². The van der Waals surface area contributed by atoms with Crippen LogP contribution >= 0.6 is 0 Å². The van der Waals surface area contributed by atoms with Gasteiger partial charge in [0, 0.05) is 12.1 Å². The summed E-state index contributed by atoms with van der Waals surface area (Å²) in [6.45, 7) is 7.69. The third kappa shape index (κ3) is 0.971. The van der Waals surface area contributed by atoms with Crippen molar-refractivity contribution in [2.24, 2.45) is 11.3 Å². The van der Waals surface area contributed by atoms with Gasteiger partial charge in [0.1, 0.15) is 0 Å². The molecule has 0 radical (unpaired) electrons. The van der Waals surface area contributed by atoms with E-state index in [0.717, 1.165) is 11.3 Å². The van der Waals surface area contributed by atoms with E-state index < -0.39 is 0 Å². The average molecular weight is 179 g/mol. The predicted molar refractivity (Wildman–Crippen MR) is 54.7 cm³/mol. The summed E-state index contributed by atoms with van der Waals surface area (Å²) in [4.78, 5) is 2.82. The van der Waals surface area contributed by atoms with Crippen LogP contribution in [0.25, 0.3) is 0 Å². The molecule has 3 fully saturated rings. The standard InChI is InChI=1S/C12H21N/c1-10(2)12-4-3-7-13(12)9-11(8-12)5-6-11/h10H,3-9H2,1-2H3/t12-/m1/s1. The summed E-state index contributed by atoms with van der Waals surface area (Å²) < 4.78 is 0. The fourth-order valence-corrected chi connectivity index (χ4v) is 3.87. The molecule has 0 amide bonds. The highest BCUT2D eigenvalue weighted by molar-refractivity contribution is 5.14. The highest BCUT2D eigenvalue weighted by Gasteiger charge is 2.60. The van der Waals surface area contributed by atoms with Gasteiger partial charge in [0.15, 0.2) is 0 Å². The summed E-state index contributed by atoms with van der Waals surface area (Å²) in [6.07, 6.45) is 7.51. The molecular formula is C12H21N. The summed E-state index contributed by atoms with van der Waals surface area (Å²) in [5, 5.41) is 0. The largest absolute Gasteiger partial charge is 0.297 e. The van der Waals surface area contributed by atoms with Crippen molar-refractivity contribution in [2.45, 2.75) is 51.5 Å². The Morgan fingerprint density at radius 3 is 2.46 bits per heavy atom. The monoisotopic (exact) mass is 179 g/mol. The second-order valence-corrected chi connectivity index (χ2v) is 5.96. The van der Waals surface area contributed by atoms with E-state index in [1.165, 1.54) is 45.2 Å². The van der Waals surface area contributed by atoms with Gasteiger partial charge in [0.2, 0.25) is 0 Å². The van der Waals surface area contributed by atoms with Crippen molar-refractivity contribution in [2.75, 3.05) is 13.1 Å². The number of nitrogens with zero attached hydrogens (tertiary/aromatic N) is 1. The minimum Gasteiger partial charge on any atom is -0.297 e. The number of hydrogen-bond acceptors (Lipinski definition) is 1. The van der Waals surface area contributed by atoms with Gasteiger partial charge in [-0.2, -0.15) is 0 Å². The van der Waals surface area contributed by atoms with Crippen molar-refractivity contribution in [1.82, 2.24) is 4.90 Å². The summed E-state index contributed by atoms with van der Waals surface area (Å²) in [6, 6.07) is 0. The van der Waals surface area contributed by atoms with Crippen LogP contribution in [-0.2, 0) is 0 Å². The molecule has 13 heavy (non-hydrogen) atoms. The molecule has 1 saturated carbocycles.